The van der Waals surface area contributed by atoms with E-state index in [-0.39, 0.29) is 6.61 Å². The number of aliphatic hydroxyl groups excluding tert-OH is 1. The highest BCUT2D eigenvalue weighted by Crippen LogP contribution is 2.39. The minimum atomic E-state index is 0.0685. The molecule has 0 bridgehead atoms. The Morgan fingerprint density at radius 3 is 2.33 bits per heavy atom. The molecule has 4 rings (SSSR count). The van der Waals surface area contributed by atoms with Gasteiger partial charge in [-0.05, 0) is 43.6 Å². The second kappa shape index (κ2) is 5.30. The first-order valence-electron chi connectivity index (χ1n) is 8.07. The molecule has 0 atom stereocenters. The van der Waals surface area contributed by atoms with Crippen LogP contribution in [-0.2, 0) is 6.61 Å². The lowest BCUT2D eigenvalue weighted by molar-refractivity contribution is 0.281. The lowest BCUT2D eigenvalue weighted by Gasteiger charge is -2.28. The van der Waals surface area contributed by atoms with Gasteiger partial charge in [-0.2, -0.15) is 0 Å². The van der Waals surface area contributed by atoms with Crippen molar-refractivity contribution in [2.24, 2.45) is 11.8 Å². The molecule has 1 heterocycles. The van der Waals surface area contributed by atoms with Crippen molar-refractivity contribution in [3.63, 3.8) is 0 Å². The second-order valence-corrected chi connectivity index (χ2v) is 6.60. The van der Waals surface area contributed by atoms with E-state index in [9.17, 15) is 5.11 Å². The molecule has 3 heteroatoms. The van der Waals surface area contributed by atoms with Crippen LogP contribution in [0.25, 0.3) is 10.9 Å². The summed E-state index contributed by atoms with van der Waals surface area (Å²) in [5.74, 6) is 1.70. The van der Waals surface area contributed by atoms with Crippen molar-refractivity contribution < 1.29 is 5.11 Å². The van der Waals surface area contributed by atoms with E-state index >= 15 is 0 Å². The van der Waals surface area contributed by atoms with E-state index in [4.69, 9.17) is 0 Å². The number of rotatable bonds is 6. The fourth-order valence-electron chi connectivity index (χ4n) is 3.14. The maximum Gasteiger partial charge on any atom is 0.0723 e. The van der Waals surface area contributed by atoms with Gasteiger partial charge in [0.1, 0.15) is 0 Å². The van der Waals surface area contributed by atoms with Crippen molar-refractivity contribution >= 4 is 16.6 Å². The van der Waals surface area contributed by atoms with Crippen LogP contribution in [0.1, 0.15) is 31.2 Å². The SMILES string of the molecule is OCc1cnc2ccccc2c1N(CC1CC1)CC1CC1. The van der Waals surface area contributed by atoms with Gasteiger partial charge in [-0.15, -0.1) is 0 Å². The average molecular weight is 282 g/mol. The van der Waals surface area contributed by atoms with Crippen LogP contribution >= 0.6 is 0 Å². The van der Waals surface area contributed by atoms with Crippen LogP contribution in [0.3, 0.4) is 0 Å². The molecule has 1 N–H and O–H groups in total. The quantitative estimate of drug-likeness (QED) is 0.882. The van der Waals surface area contributed by atoms with Crippen LogP contribution in [0.4, 0.5) is 5.69 Å². The zero-order chi connectivity index (χ0) is 14.2. The highest BCUT2D eigenvalue weighted by molar-refractivity contribution is 5.93. The second-order valence-electron chi connectivity index (χ2n) is 6.60. The number of aromatic nitrogens is 1. The van der Waals surface area contributed by atoms with Gasteiger partial charge >= 0.3 is 0 Å². The fraction of sp³-hybridized carbons (Fsp3) is 0.500. The molecule has 2 saturated carbocycles. The van der Waals surface area contributed by atoms with Gasteiger partial charge in [0.05, 0.1) is 17.8 Å². The highest BCUT2D eigenvalue weighted by Gasteiger charge is 2.30. The Labute approximate surface area is 125 Å². The molecule has 0 amide bonds. The van der Waals surface area contributed by atoms with E-state index < -0.39 is 0 Å². The summed E-state index contributed by atoms with van der Waals surface area (Å²) in [6.07, 6.45) is 7.29. The number of hydrogen-bond donors (Lipinski definition) is 1. The van der Waals surface area contributed by atoms with E-state index in [1.807, 2.05) is 12.3 Å². The molecular weight excluding hydrogens is 260 g/mol. The fourth-order valence-corrected chi connectivity index (χ4v) is 3.14. The lowest BCUT2D eigenvalue weighted by Crippen LogP contribution is -2.29. The number of para-hydroxylation sites is 1. The molecule has 21 heavy (non-hydrogen) atoms. The van der Waals surface area contributed by atoms with Crippen LogP contribution < -0.4 is 4.90 Å². The summed E-state index contributed by atoms with van der Waals surface area (Å²) in [6, 6.07) is 8.31. The van der Waals surface area contributed by atoms with Crippen LogP contribution in [0.15, 0.2) is 30.5 Å². The Kier molecular flexibility index (Phi) is 3.30. The molecule has 0 aliphatic heterocycles. The maximum absolute atomic E-state index is 9.76. The number of aliphatic hydroxyl groups is 1. The smallest absolute Gasteiger partial charge is 0.0723 e. The monoisotopic (exact) mass is 282 g/mol. The van der Waals surface area contributed by atoms with Crippen LogP contribution in [0, 0.1) is 11.8 Å². The van der Waals surface area contributed by atoms with E-state index in [1.165, 1.54) is 36.8 Å². The minimum absolute atomic E-state index is 0.0685. The number of anilines is 1. The summed E-state index contributed by atoms with van der Waals surface area (Å²) in [5, 5.41) is 10.9. The Hall–Kier alpha value is -1.61. The molecule has 0 radical (unpaired) electrons. The van der Waals surface area contributed by atoms with E-state index in [0.29, 0.717) is 0 Å². The zero-order valence-corrected chi connectivity index (χ0v) is 12.3. The summed E-state index contributed by atoms with van der Waals surface area (Å²) in [4.78, 5) is 7.03. The maximum atomic E-state index is 9.76. The number of benzene rings is 1. The number of pyridine rings is 1. The van der Waals surface area contributed by atoms with Crippen LogP contribution in [0.5, 0.6) is 0 Å². The third kappa shape index (κ3) is 2.75. The Bertz CT molecular complexity index is 633. The Balaban J connectivity index is 1.79. The van der Waals surface area contributed by atoms with Crippen molar-refractivity contribution in [3.8, 4) is 0 Å². The molecule has 0 saturated heterocycles. The first-order chi connectivity index (χ1) is 10.3. The molecule has 110 valence electrons. The molecule has 1 aromatic heterocycles. The molecule has 2 aromatic rings. The minimum Gasteiger partial charge on any atom is -0.392 e. The van der Waals surface area contributed by atoms with E-state index in [2.05, 4.69) is 28.1 Å². The van der Waals surface area contributed by atoms with Crippen molar-refractivity contribution in [2.75, 3.05) is 18.0 Å². The van der Waals surface area contributed by atoms with Crippen LogP contribution in [-0.4, -0.2) is 23.2 Å². The zero-order valence-electron chi connectivity index (χ0n) is 12.3. The van der Waals surface area contributed by atoms with Gasteiger partial charge in [-0.1, -0.05) is 18.2 Å². The van der Waals surface area contributed by atoms with Crippen molar-refractivity contribution in [2.45, 2.75) is 32.3 Å². The highest BCUT2D eigenvalue weighted by atomic mass is 16.3. The standard InChI is InChI=1S/C18H22N2O/c21-12-15-9-19-17-4-2-1-3-16(17)18(15)20(10-13-5-6-13)11-14-7-8-14/h1-4,9,13-14,21H,5-8,10-12H2. The predicted octanol–water partition coefficient (Wildman–Crippen LogP) is 3.35. The topological polar surface area (TPSA) is 36.4 Å². The molecule has 0 unspecified atom stereocenters. The predicted molar refractivity (Wildman–Crippen MR) is 85.3 cm³/mol. The summed E-state index contributed by atoms with van der Waals surface area (Å²) in [6.45, 7) is 2.34. The average Bonchev–Trinajstić information content (AvgIpc) is 3.41. The van der Waals surface area contributed by atoms with Gasteiger partial charge in [0, 0.05) is 30.2 Å². The summed E-state index contributed by atoms with van der Waals surface area (Å²) in [5.41, 5.74) is 3.22. The molecular formula is C18H22N2O. The molecule has 2 fully saturated rings. The van der Waals surface area contributed by atoms with E-state index in [0.717, 1.165) is 36.0 Å². The molecule has 2 aliphatic carbocycles. The Morgan fingerprint density at radius 2 is 1.71 bits per heavy atom. The Morgan fingerprint density at radius 1 is 1.05 bits per heavy atom. The number of nitrogens with zero attached hydrogens (tertiary/aromatic N) is 2. The molecule has 0 spiro atoms. The van der Waals surface area contributed by atoms with Gasteiger partial charge < -0.3 is 10.0 Å². The summed E-state index contributed by atoms with van der Waals surface area (Å²) < 4.78 is 0. The molecule has 3 nitrogen and oxygen atoms in total. The first-order valence-corrected chi connectivity index (χ1v) is 8.07. The number of hydrogen-bond acceptors (Lipinski definition) is 3. The number of fused-ring (bicyclic) bond motifs is 1. The summed E-state index contributed by atoms with van der Waals surface area (Å²) >= 11 is 0. The van der Waals surface area contributed by atoms with Gasteiger partial charge in [-0.25, -0.2) is 0 Å². The normalized spacial score (nSPS) is 18.1. The summed E-state index contributed by atoms with van der Waals surface area (Å²) in [7, 11) is 0. The molecule has 1 aromatic carbocycles. The largest absolute Gasteiger partial charge is 0.392 e. The third-order valence-electron chi connectivity index (χ3n) is 4.66. The van der Waals surface area contributed by atoms with Crippen molar-refractivity contribution in [3.05, 3.63) is 36.0 Å². The van der Waals surface area contributed by atoms with E-state index in [1.54, 1.807) is 0 Å². The van der Waals surface area contributed by atoms with Gasteiger partial charge in [0.2, 0.25) is 0 Å². The van der Waals surface area contributed by atoms with Gasteiger partial charge in [0.15, 0.2) is 0 Å². The first kappa shape index (κ1) is 13.1. The molecule has 2 aliphatic rings. The van der Waals surface area contributed by atoms with Crippen molar-refractivity contribution in [1.29, 1.82) is 0 Å². The lowest BCUT2D eigenvalue weighted by atomic mass is 10.1. The van der Waals surface area contributed by atoms with Crippen molar-refractivity contribution in [1.82, 2.24) is 4.98 Å². The van der Waals surface area contributed by atoms with Gasteiger partial charge in [-0.3, -0.25) is 4.98 Å². The van der Waals surface area contributed by atoms with Gasteiger partial charge in [0.25, 0.3) is 0 Å². The van der Waals surface area contributed by atoms with Crippen LogP contribution in [0.2, 0.25) is 0 Å². The third-order valence-corrected chi connectivity index (χ3v) is 4.66.